The summed E-state index contributed by atoms with van der Waals surface area (Å²) in [7, 11) is 0. The Labute approximate surface area is 101 Å². The topological polar surface area (TPSA) is 61.7 Å². The molecule has 0 heterocycles. The molecule has 4 nitrogen and oxygen atoms in total. The zero-order valence-electron chi connectivity index (χ0n) is 9.97. The average molecular weight is 232 g/mol. The molecule has 0 radical (unpaired) electrons. The highest BCUT2D eigenvalue weighted by atomic mass is 16.4. The number of rotatable bonds is 5. The van der Waals surface area contributed by atoms with E-state index in [0.717, 1.165) is 11.1 Å². The maximum Gasteiger partial charge on any atom is 0.351 e. The molecule has 90 valence electrons. The maximum absolute atomic E-state index is 10.5. The lowest BCUT2D eigenvalue weighted by Crippen LogP contribution is -2.15. The second kappa shape index (κ2) is 6.48. The van der Waals surface area contributed by atoms with Gasteiger partial charge in [0.05, 0.1) is 6.54 Å². The van der Waals surface area contributed by atoms with Gasteiger partial charge in [-0.25, -0.2) is 4.79 Å². The van der Waals surface area contributed by atoms with Crippen LogP contribution < -0.4 is 5.43 Å². The third-order valence-corrected chi connectivity index (χ3v) is 2.28. The summed E-state index contributed by atoms with van der Waals surface area (Å²) >= 11 is 0. The van der Waals surface area contributed by atoms with Gasteiger partial charge in [0.15, 0.2) is 0 Å². The molecule has 1 rings (SSSR count). The van der Waals surface area contributed by atoms with Gasteiger partial charge in [0.1, 0.15) is 5.71 Å². The Morgan fingerprint density at radius 2 is 2.00 bits per heavy atom. The molecule has 0 fully saturated rings. The molecule has 0 aromatic heterocycles. The number of nitrogens with one attached hydrogen (secondary N) is 1. The highest BCUT2D eigenvalue weighted by molar-refractivity contribution is 6.34. The van der Waals surface area contributed by atoms with Crippen LogP contribution in [0.2, 0.25) is 0 Å². The molecule has 2 N–H and O–H groups in total. The number of hydrogen-bond donors (Lipinski definition) is 2. The zero-order valence-corrected chi connectivity index (χ0v) is 9.97. The van der Waals surface area contributed by atoms with Crippen molar-refractivity contribution in [1.82, 2.24) is 5.43 Å². The van der Waals surface area contributed by atoms with Gasteiger partial charge >= 0.3 is 5.97 Å². The molecule has 17 heavy (non-hydrogen) atoms. The second-order valence-corrected chi connectivity index (χ2v) is 3.62. The standard InChI is InChI=1S/C13H16N2O2/c1-10(12-6-4-3-5-7-12)8-9-14-15-11(2)13(16)17/h3-8,14H,9H2,1-2H3,(H,16,17)/b10-8+,15-11?. The number of nitrogens with zero attached hydrogens (tertiary/aromatic N) is 1. The molecule has 0 aliphatic rings. The van der Waals surface area contributed by atoms with E-state index in [1.54, 1.807) is 0 Å². The first-order valence-corrected chi connectivity index (χ1v) is 5.34. The molecule has 0 spiro atoms. The van der Waals surface area contributed by atoms with Gasteiger partial charge in [-0.1, -0.05) is 36.4 Å². The molecule has 0 saturated heterocycles. The number of hydrazone groups is 1. The molecule has 1 aromatic carbocycles. The summed E-state index contributed by atoms with van der Waals surface area (Å²) in [5, 5.41) is 12.3. The van der Waals surface area contributed by atoms with E-state index >= 15 is 0 Å². The minimum Gasteiger partial charge on any atom is -0.477 e. The first kappa shape index (κ1) is 13.0. The van der Waals surface area contributed by atoms with Crippen molar-refractivity contribution in [3.8, 4) is 0 Å². The summed E-state index contributed by atoms with van der Waals surface area (Å²) in [6.45, 7) is 3.96. The first-order chi connectivity index (χ1) is 8.11. The highest BCUT2D eigenvalue weighted by Crippen LogP contribution is 2.11. The average Bonchev–Trinajstić information content (AvgIpc) is 2.35. The van der Waals surface area contributed by atoms with E-state index in [0.29, 0.717) is 6.54 Å². The predicted molar refractivity (Wildman–Crippen MR) is 68.8 cm³/mol. The van der Waals surface area contributed by atoms with Crippen molar-refractivity contribution in [2.75, 3.05) is 6.54 Å². The van der Waals surface area contributed by atoms with E-state index in [-0.39, 0.29) is 5.71 Å². The molecule has 0 atom stereocenters. The Kier molecular flexibility index (Phi) is 4.94. The predicted octanol–water partition coefficient (Wildman–Crippen LogP) is 2.14. The summed E-state index contributed by atoms with van der Waals surface area (Å²) in [5.41, 5.74) is 5.02. The Morgan fingerprint density at radius 1 is 1.35 bits per heavy atom. The smallest absolute Gasteiger partial charge is 0.351 e. The SMILES string of the molecule is CC(=NNC/C=C(\C)c1ccccc1)C(=O)O. The van der Waals surface area contributed by atoms with Crippen LogP contribution in [0.5, 0.6) is 0 Å². The largest absolute Gasteiger partial charge is 0.477 e. The van der Waals surface area contributed by atoms with Crippen molar-refractivity contribution in [3.05, 3.63) is 42.0 Å². The van der Waals surface area contributed by atoms with Crippen LogP contribution in [0.25, 0.3) is 5.57 Å². The number of allylic oxidation sites excluding steroid dienone is 1. The summed E-state index contributed by atoms with van der Waals surface area (Å²) in [6.07, 6.45) is 1.97. The van der Waals surface area contributed by atoms with Crippen molar-refractivity contribution in [2.45, 2.75) is 13.8 Å². The van der Waals surface area contributed by atoms with Gasteiger partial charge in [-0.3, -0.25) is 0 Å². The van der Waals surface area contributed by atoms with E-state index in [1.165, 1.54) is 6.92 Å². The lowest BCUT2D eigenvalue weighted by atomic mass is 10.1. The van der Waals surface area contributed by atoms with Crippen LogP contribution in [-0.2, 0) is 4.79 Å². The van der Waals surface area contributed by atoms with Crippen LogP contribution in [0.15, 0.2) is 41.5 Å². The van der Waals surface area contributed by atoms with E-state index in [4.69, 9.17) is 5.11 Å². The van der Waals surface area contributed by atoms with Gasteiger partial charge < -0.3 is 10.5 Å². The third-order valence-electron chi connectivity index (χ3n) is 2.28. The molecule has 4 heteroatoms. The molecular weight excluding hydrogens is 216 g/mol. The van der Waals surface area contributed by atoms with Gasteiger partial charge in [-0.05, 0) is 25.0 Å². The van der Waals surface area contributed by atoms with Crippen LogP contribution >= 0.6 is 0 Å². The number of aliphatic carboxylic acids is 1. The second-order valence-electron chi connectivity index (χ2n) is 3.62. The van der Waals surface area contributed by atoms with Gasteiger partial charge in [0.2, 0.25) is 0 Å². The van der Waals surface area contributed by atoms with Crippen LogP contribution in [0.1, 0.15) is 19.4 Å². The molecular formula is C13H16N2O2. The third kappa shape index (κ3) is 4.51. The fraction of sp³-hybridized carbons (Fsp3) is 0.231. The quantitative estimate of drug-likeness (QED) is 0.464. The van der Waals surface area contributed by atoms with Crippen LogP contribution in [0.4, 0.5) is 0 Å². The normalized spacial score (nSPS) is 12.4. The van der Waals surface area contributed by atoms with Gasteiger partial charge in [-0.15, -0.1) is 0 Å². The Morgan fingerprint density at radius 3 is 2.59 bits per heavy atom. The number of carboxylic acid groups (broad SMARTS) is 1. The van der Waals surface area contributed by atoms with Crippen LogP contribution in [-0.4, -0.2) is 23.3 Å². The monoisotopic (exact) mass is 232 g/mol. The van der Waals surface area contributed by atoms with Crippen molar-refractivity contribution in [3.63, 3.8) is 0 Å². The highest BCUT2D eigenvalue weighted by Gasteiger charge is 1.99. The van der Waals surface area contributed by atoms with Crippen molar-refractivity contribution < 1.29 is 9.90 Å². The van der Waals surface area contributed by atoms with E-state index in [9.17, 15) is 4.79 Å². The maximum atomic E-state index is 10.5. The number of hydrogen-bond acceptors (Lipinski definition) is 3. The lowest BCUT2D eigenvalue weighted by Gasteiger charge is -2.01. The van der Waals surface area contributed by atoms with E-state index in [1.807, 2.05) is 43.3 Å². The fourth-order valence-corrected chi connectivity index (χ4v) is 1.23. The molecule has 0 saturated carbocycles. The molecule has 0 aliphatic carbocycles. The zero-order chi connectivity index (χ0) is 12.7. The van der Waals surface area contributed by atoms with E-state index < -0.39 is 5.97 Å². The van der Waals surface area contributed by atoms with Crippen LogP contribution in [0, 0.1) is 0 Å². The summed E-state index contributed by atoms with van der Waals surface area (Å²) in [4.78, 5) is 10.5. The molecule has 1 aromatic rings. The summed E-state index contributed by atoms with van der Waals surface area (Å²) in [5.74, 6) is -1.01. The molecule has 0 bridgehead atoms. The Balaban J connectivity index is 2.50. The van der Waals surface area contributed by atoms with Gasteiger partial charge in [0, 0.05) is 0 Å². The summed E-state index contributed by atoms with van der Waals surface area (Å²) < 4.78 is 0. The summed E-state index contributed by atoms with van der Waals surface area (Å²) in [6, 6.07) is 9.98. The lowest BCUT2D eigenvalue weighted by molar-refractivity contribution is -0.129. The molecule has 0 aliphatic heterocycles. The van der Waals surface area contributed by atoms with E-state index in [2.05, 4.69) is 10.5 Å². The number of carbonyl (C=O) groups is 1. The Hall–Kier alpha value is -2.10. The molecule has 0 amide bonds. The number of benzene rings is 1. The first-order valence-electron chi connectivity index (χ1n) is 5.34. The Bertz CT molecular complexity index is 436. The van der Waals surface area contributed by atoms with Crippen LogP contribution in [0.3, 0.4) is 0 Å². The minimum atomic E-state index is -1.01. The minimum absolute atomic E-state index is 0.0516. The fourth-order valence-electron chi connectivity index (χ4n) is 1.23. The molecule has 0 unspecified atom stereocenters. The number of carboxylic acids is 1. The van der Waals surface area contributed by atoms with Crippen molar-refractivity contribution >= 4 is 17.3 Å². The van der Waals surface area contributed by atoms with Crippen molar-refractivity contribution in [1.29, 1.82) is 0 Å². The van der Waals surface area contributed by atoms with Gasteiger partial charge in [0.25, 0.3) is 0 Å². The van der Waals surface area contributed by atoms with Crippen molar-refractivity contribution in [2.24, 2.45) is 5.10 Å². The van der Waals surface area contributed by atoms with Gasteiger partial charge in [-0.2, -0.15) is 5.10 Å².